The summed E-state index contributed by atoms with van der Waals surface area (Å²) in [6.07, 6.45) is 1.79. The molecule has 0 aliphatic heterocycles. The molecule has 2 aromatic rings. The van der Waals surface area contributed by atoms with E-state index in [2.05, 4.69) is 15.0 Å². The van der Waals surface area contributed by atoms with E-state index >= 15 is 0 Å². The Bertz CT molecular complexity index is 502. The fourth-order valence-corrected chi connectivity index (χ4v) is 2.04. The number of hydrogen-bond acceptors (Lipinski definition) is 5. The second kappa shape index (κ2) is 6.16. The SMILES string of the molecule is CNc1ccc(NSc2cccc(OC)c2)nc1. The smallest absolute Gasteiger partial charge is 0.136 e. The monoisotopic (exact) mass is 261 g/mol. The van der Waals surface area contributed by atoms with Crippen LogP contribution >= 0.6 is 11.9 Å². The minimum atomic E-state index is 0.821. The second-order valence-electron chi connectivity index (χ2n) is 3.57. The molecule has 2 rings (SSSR count). The molecule has 1 aromatic carbocycles. The van der Waals surface area contributed by atoms with Gasteiger partial charge in [0.1, 0.15) is 11.6 Å². The van der Waals surface area contributed by atoms with Crippen molar-refractivity contribution >= 4 is 23.5 Å². The van der Waals surface area contributed by atoms with Crippen LogP contribution in [0.25, 0.3) is 0 Å². The first-order valence-electron chi connectivity index (χ1n) is 5.52. The minimum absolute atomic E-state index is 0.821. The minimum Gasteiger partial charge on any atom is -0.497 e. The number of hydrogen-bond donors (Lipinski definition) is 2. The number of benzene rings is 1. The molecule has 1 aromatic heterocycles. The Labute approximate surface area is 111 Å². The molecule has 94 valence electrons. The van der Waals surface area contributed by atoms with Gasteiger partial charge in [0.2, 0.25) is 0 Å². The Hall–Kier alpha value is -1.88. The first kappa shape index (κ1) is 12.6. The lowest BCUT2D eigenvalue weighted by molar-refractivity contribution is 0.413. The van der Waals surface area contributed by atoms with Gasteiger partial charge in [-0.3, -0.25) is 0 Å². The van der Waals surface area contributed by atoms with Gasteiger partial charge in [-0.25, -0.2) is 4.98 Å². The van der Waals surface area contributed by atoms with Gasteiger partial charge in [0.25, 0.3) is 0 Å². The molecule has 1 heterocycles. The highest BCUT2D eigenvalue weighted by atomic mass is 32.2. The summed E-state index contributed by atoms with van der Waals surface area (Å²) in [5.74, 6) is 1.67. The Kier molecular flexibility index (Phi) is 4.30. The van der Waals surface area contributed by atoms with E-state index < -0.39 is 0 Å². The van der Waals surface area contributed by atoms with Crippen molar-refractivity contribution in [2.45, 2.75) is 4.90 Å². The molecular formula is C13H15N3OS. The first-order chi connectivity index (χ1) is 8.81. The van der Waals surface area contributed by atoms with Gasteiger partial charge < -0.3 is 14.8 Å². The summed E-state index contributed by atoms with van der Waals surface area (Å²) in [6.45, 7) is 0. The maximum absolute atomic E-state index is 5.17. The summed E-state index contributed by atoms with van der Waals surface area (Å²) in [7, 11) is 3.53. The first-order valence-corrected chi connectivity index (χ1v) is 6.34. The number of pyridine rings is 1. The van der Waals surface area contributed by atoms with Crippen molar-refractivity contribution in [3.8, 4) is 5.75 Å². The van der Waals surface area contributed by atoms with Crippen molar-refractivity contribution in [3.05, 3.63) is 42.6 Å². The highest BCUT2D eigenvalue weighted by Crippen LogP contribution is 2.23. The Morgan fingerprint density at radius 1 is 1.22 bits per heavy atom. The molecule has 0 amide bonds. The van der Waals surface area contributed by atoms with Crippen LogP contribution in [-0.4, -0.2) is 19.1 Å². The van der Waals surface area contributed by atoms with Gasteiger partial charge in [-0.05, 0) is 42.3 Å². The number of nitrogens with zero attached hydrogens (tertiary/aromatic N) is 1. The van der Waals surface area contributed by atoms with Crippen LogP contribution in [0.15, 0.2) is 47.5 Å². The quantitative estimate of drug-likeness (QED) is 0.809. The van der Waals surface area contributed by atoms with Gasteiger partial charge in [0.15, 0.2) is 0 Å². The summed E-state index contributed by atoms with van der Waals surface area (Å²) >= 11 is 1.50. The number of methoxy groups -OCH3 is 1. The van der Waals surface area contributed by atoms with Crippen LogP contribution in [-0.2, 0) is 0 Å². The molecule has 2 N–H and O–H groups in total. The number of aromatic nitrogens is 1. The predicted octanol–water partition coefficient (Wildman–Crippen LogP) is 3.25. The maximum atomic E-state index is 5.17. The Morgan fingerprint density at radius 3 is 2.78 bits per heavy atom. The Morgan fingerprint density at radius 2 is 2.11 bits per heavy atom. The van der Waals surface area contributed by atoms with E-state index in [0.717, 1.165) is 22.2 Å². The predicted molar refractivity (Wildman–Crippen MR) is 76.3 cm³/mol. The zero-order valence-electron chi connectivity index (χ0n) is 10.3. The third kappa shape index (κ3) is 3.30. The molecule has 0 radical (unpaired) electrons. The van der Waals surface area contributed by atoms with E-state index in [0.29, 0.717) is 0 Å². The number of anilines is 2. The number of nitrogens with one attached hydrogen (secondary N) is 2. The van der Waals surface area contributed by atoms with Crippen LogP contribution < -0.4 is 14.8 Å². The summed E-state index contributed by atoms with van der Waals surface area (Å²) in [6, 6.07) is 11.8. The molecule has 0 bridgehead atoms. The van der Waals surface area contributed by atoms with Gasteiger partial charge >= 0.3 is 0 Å². The van der Waals surface area contributed by atoms with Crippen LogP contribution in [0.3, 0.4) is 0 Å². The van der Waals surface area contributed by atoms with E-state index in [9.17, 15) is 0 Å². The van der Waals surface area contributed by atoms with E-state index in [4.69, 9.17) is 4.74 Å². The van der Waals surface area contributed by atoms with Gasteiger partial charge in [0, 0.05) is 11.9 Å². The lowest BCUT2D eigenvalue weighted by Crippen LogP contribution is -1.93. The van der Waals surface area contributed by atoms with E-state index in [1.54, 1.807) is 13.3 Å². The highest BCUT2D eigenvalue weighted by molar-refractivity contribution is 8.00. The zero-order chi connectivity index (χ0) is 12.8. The number of rotatable bonds is 5. The van der Waals surface area contributed by atoms with E-state index in [1.165, 1.54) is 11.9 Å². The maximum Gasteiger partial charge on any atom is 0.136 e. The van der Waals surface area contributed by atoms with Crippen molar-refractivity contribution in [1.29, 1.82) is 0 Å². The largest absolute Gasteiger partial charge is 0.497 e. The van der Waals surface area contributed by atoms with Crippen LogP contribution in [0.1, 0.15) is 0 Å². The summed E-state index contributed by atoms with van der Waals surface area (Å²) < 4.78 is 8.36. The average Bonchev–Trinajstić information content (AvgIpc) is 2.46. The van der Waals surface area contributed by atoms with Crippen LogP contribution in [0, 0.1) is 0 Å². The van der Waals surface area contributed by atoms with Crippen LogP contribution in [0.5, 0.6) is 5.75 Å². The third-order valence-corrected chi connectivity index (χ3v) is 3.17. The molecule has 0 spiro atoms. The normalized spacial score (nSPS) is 9.89. The molecule has 0 aliphatic carbocycles. The standard InChI is InChI=1S/C13H15N3OS/c1-14-10-6-7-13(15-9-10)16-18-12-5-3-4-11(8-12)17-2/h3-9,14H,1-2H3,(H,15,16). The van der Waals surface area contributed by atoms with Crippen molar-refractivity contribution in [2.24, 2.45) is 0 Å². The van der Waals surface area contributed by atoms with Gasteiger partial charge in [-0.15, -0.1) is 0 Å². The molecule has 0 atom stereocenters. The summed E-state index contributed by atoms with van der Waals surface area (Å²) in [5, 5.41) is 3.03. The molecule has 0 saturated carbocycles. The lowest BCUT2D eigenvalue weighted by atomic mass is 10.3. The highest BCUT2D eigenvalue weighted by Gasteiger charge is 1.98. The van der Waals surface area contributed by atoms with E-state index in [-0.39, 0.29) is 0 Å². The molecule has 18 heavy (non-hydrogen) atoms. The summed E-state index contributed by atoms with van der Waals surface area (Å²) in [4.78, 5) is 5.36. The lowest BCUT2D eigenvalue weighted by Gasteiger charge is -2.06. The molecule has 0 unspecified atom stereocenters. The molecule has 4 nitrogen and oxygen atoms in total. The molecule has 0 saturated heterocycles. The zero-order valence-corrected chi connectivity index (χ0v) is 11.1. The average molecular weight is 261 g/mol. The van der Waals surface area contributed by atoms with Crippen molar-refractivity contribution in [3.63, 3.8) is 0 Å². The fraction of sp³-hybridized carbons (Fsp3) is 0.154. The topological polar surface area (TPSA) is 46.2 Å². The second-order valence-corrected chi connectivity index (χ2v) is 4.44. The van der Waals surface area contributed by atoms with E-state index in [1.807, 2.05) is 43.4 Å². The third-order valence-electron chi connectivity index (χ3n) is 2.37. The molecule has 5 heteroatoms. The van der Waals surface area contributed by atoms with Crippen molar-refractivity contribution < 1.29 is 4.74 Å². The van der Waals surface area contributed by atoms with Crippen LogP contribution in [0.4, 0.5) is 11.5 Å². The Balaban J connectivity index is 1.97. The van der Waals surface area contributed by atoms with Gasteiger partial charge in [0.05, 0.1) is 19.0 Å². The summed E-state index contributed by atoms with van der Waals surface area (Å²) in [5.41, 5.74) is 0.993. The van der Waals surface area contributed by atoms with Gasteiger partial charge in [-0.1, -0.05) is 6.07 Å². The van der Waals surface area contributed by atoms with Gasteiger partial charge in [-0.2, -0.15) is 0 Å². The molecule has 0 aliphatic rings. The molecular weight excluding hydrogens is 246 g/mol. The van der Waals surface area contributed by atoms with Crippen molar-refractivity contribution in [2.75, 3.05) is 24.2 Å². The van der Waals surface area contributed by atoms with Crippen LogP contribution in [0.2, 0.25) is 0 Å². The number of ether oxygens (including phenoxy) is 1. The van der Waals surface area contributed by atoms with Crippen molar-refractivity contribution in [1.82, 2.24) is 4.98 Å². The fourth-order valence-electron chi connectivity index (χ4n) is 1.38. The molecule has 0 fully saturated rings.